The summed E-state index contributed by atoms with van der Waals surface area (Å²) in [5, 5.41) is 13.3. The number of rotatable bonds is 3. The zero-order chi connectivity index (χ0) is 32.9. The summed E-state index contributed by atoms with van der Waals surface area (Å²) in [5.41, 5.74) is 12.5. The van der Waals surface area contributed by atoms with Crippen molar-refractivity contribution in [2.24, 2.45) is 0 Å². The average Bonchev–Trinajstić information content (AvgIpc) is 3.04. The Labute approximate surface area is 287 Å². The molecule has 0 spiro atoms. The number of anilines is 2. The minimum atomic E-state index is -1.05. The number of para-hydroxylation sites is 2. The van der Waals surface area contributed by atoms with E-state index >= 15 is 0 Å². The van der Waals surface area contributed by atoms with E-state index in [2.05, 4.69) is 43.6 Å². The summed E-state index contributed by atoms with van der Waals surface area (Å²) in [7, 11) is 3.75. The molecule has 4 aromatic heterocycles. The van der Waals surface area contributed by atoms with Crippen LogP contribution in [0.2, 0.25) is 0 Å². The van der Waals surface area contributed by atoms with Gasteiger partial charge in [0.05, 0.1) is 46.2 Å². The largest absolute Gasteiger partial charge is 0.476 e. The van der Waals surface area contributed by atoms with Crippen LogP contribution in [0.25, 0.3) is 21.8 Å². The van der Waals surface area contributed by atoms with Crippen LogP contribution in [0, 0.1) is 58.8 Å². The molecular formula is C32H31BN8O3U. The number of aromatic nitrogens is 6. The Bertz CT molecular complexity index is 1910. The van der Waals surface area contributed by atoms with Gasteiger partial charge in [-0.25, -0.2) is 14.8 Å². The minimum Gasteiger partial charge on any atom is -0.476 e. The van der Waals surface area contributed by atoms with Gasteiger partial charge in [-0.15, -0.1) is 0 Å². The van der Waals surface area contributed by atoms with E-state index in [1.807, 2.05) is 81.4 Å². The van der Waals surface area contributed by atoms with Crippen LogP contribution < -0.4 is 11.1 Å². The first-order valence-corrected chi connectivity index (χ1v) is 13.2. The average molecular weight is 827 g/mol. The maximum atomic E-state index is 12.2. The number of nitrogen functional groups attached to an aromatic ring is 1. The third kappa shape index (κ3) is 10.2. The van der Waals surface area contributed by atoms with Crippen molar-refractivity contribution in [1.82, 2.24) is 29.9 Å². The van der Waals surface area contributed by atoms with Crippen LogP contribution in [0.1, 0.15) is 43.8 Å². The van der Waals surface area contributed by atoms with Crippen molar-refractivity contribution in [2.75, 3.05) is 11.1 Å². The third-order valence-electron chi connectivity index (χ3n) is 6.01. The standard InChI is InChI=1S/C16H14N4O.C10H10N2.C6H6N2O2.BH.U/c1-10-6-7-12-4-3-5-13(15(12)19-10)20-16(21)14-9-17-11(2)8-18-14;1-7-5-6-8-3-2-4-9(11)10(8)12-7;1-4-2-8-5(3-7-4)6(9)10;;/h3-9H,1-2H3,(H,20,21);2-6H,11H2,1H3;2-3H,1H3,(H,9,10);1H;/i;;;1T;. The second-order valence-electron chi connectivity index (χ2n) is 9.55. The molecule has 45 heavy (non-hydrogen) atoms. The van der Waals surface area contributed by atoms with Gasteiger partial charge in [-0.1, -0.05) is 36.4 Å². The molecule has 6 rings (SSSR count). The van der Waals surface area contributed by atoms with Crippen LogP contribution >= 0.6 is 0 Å². The zero-order valence-corrected chi connectivity index (χ0v) is 29.3. The number of hydrogen-bond donors (Lipinski definition) is 3. The first kappa shape index (κ1) is 34.8. The predicted octanol–water partition coefficient (Wildman–Crippen LogP) is 4.85. The van der Waals surface area contributed by atoms with Gasteiger partial charge in [0.1, 0.15) is 5.69 Å². The van der Waals surface area contributed by atoms with E-state index in [1.165, 1.54) is 18.6 Å². The first-order chi connectivity index (χ1) is 21.6. The number of fused-ring (bicyclic) bond motifs is 2. The number of nitrogens with one attached hydrogen (secondary N) is 1. The number of nitrogens with two attached hydrogens (primary N) is 1. The number of benzene rings is 2. The maximum absolute atomic E-state index is 12.2. The van der Waals surface area contributed by atoms with Crippen molar-refractivity contribution in [3.63, 3.8) is 0 Å². The number of aryl methyl sites for hydroxylation is 4. The maximum Gasteiger partial charge on any atom is 0.356 e. The molecule has 224 valence electrons. The number of amides is 1. The second-order valence-corrected chi connectivity index (χ2v) is 9.55. The molecule has 4 N–H and O–H groups in total. The van der Waals surface area contributed by atoms with E-state index in [0.29, 0.717) is 11.4 Å². The summed E-state index contributed by atoms with van der Waals surface area (Å²) in [6, 6.07) is 19.4. The summed E-state index contributed by atoms with van der Waals surface area (Å²) < 4.78 is 5.25. The van der Waals surface area contributed by atoms with Crippen molar-refractivity contribution in [3.05, 3.63) is 120 Å². The van der Waals surface area contributed by atoms with Crippen LogP contribution in [0.3, 0.4) is 0 Å². The zero-order valence-electron chi connectivity index (χ0n) is 26.2. The molecule has 0 saturated heterocycles. The monoisotopic (exact) mass is 826 g/mol. The van der Waals surface area contributed by atoms with Crippen LogP contribution in [0.15, 0.2) is 85.5 Å². The number of carbonyl (C=O) groups is 2. The molecule has 0 atom stereocenters. The molecule has 0 saturated carbocycles. The Kier molecular flexibility index (Phi) is 13.1. The smallest absolute Gasteiger partial charge is 0.356 e. The molecular weight excluding hydrogens is 793 g/mol. The quantitative estimate of drug-likeness (QED) is 0.166. The molecule has 0 aliphatic heterocycles. The molecule has 0 aliphatic carbocycles. The Morgan fingerprint density at radius 2 is 1.20 bits per heavy atom. The molecule has 11 nitrogen and oxygen atoms in total. The van der Waals surface area contributed by atoms with Crippen molar-refractivity contribution in [3.8, 4) is 0 Å². The van der Waals surface area contributed by atoms with Gasteiger partial charge < -0.3 is 16.2 Å². The van der Waals surface area contributed by atoms with E-state index in [-0.39, 0.29) is 48.4 Å². The van der Waals surface area contributed by atoms with Crippen molar-refractivity contribution >= 4 is 53.4 Å². The van der Waals surface area contributed by atoms with E-state index in [0.717, 1.165) is 44.6 Å². The Balaban J connectivity index is 0.000000251. The number of carbonyl (C=O) groups excluding carboxylic acids is 1. The molecule has 13 heteroatoms. The second kappa shape index (κ2) is 16.9. The Hall–Kier alpha value is -4.72. The van der Waals surface area contributed by atoms with E-state index in [1.54, 1.807) is 13.1 Å². The third-order valence-corrected chi connectivity index (χ3v) is 6.01. The first-order valence-electron chi connectivity index (χ1n) is 13.8. The fourth-order valence-corrected chi connectivity index (χ4v) is 3.81. The fraction of sp³-hybridized carbons (Fsp3) is 0.125. The number of nitrogens with zero attached hydrogens (tertiary/aromatic N) is 6. The van der Waals surface area contributed by atoms with E-state index in [4.69, 9.17) is 12.2 Å². The number of hydrogen-bond acceptors (Lipinski definition) is 9. The molecule has 2 aromatic carbocycles. The molecule has 0 unspecified atom stereocenters. The van der Waals surface area contributed by atoms with Crippen LogP contribution in [0.5, 0.6) is 0 Å². The van der Waals surface area contributed by atoms with Crippen molar-refractivity contribution in [1.29, 1.82) is 1.34 Å². The topological polar surface area (TPSA) is 170 Å². The van der Waals surface area contributed by atoms with Gasteiger partial charge in [-0.05, 0) is 53.3 Å². The van der Waals surface area contributed by atoms with E-state index in [9.17, 15) is 9.59 Å². The van der Waals surface area contributed by atoms with Crippen LogP contribution in [0.4, 0.5) is 11.4 Å². The van der Waals surface area contributed by atoms with Gasteiger partial charge in [-0.3, -0.25) is 24.7 Å². The van der Waals surface area contributed by atoms with Gasteiger partial charge in [-0.2, -0.15) is 0 Å². The fourth-order valence-electron chi connectivity index (χ4n) is 3.81. The van der Waals surface area contributed by atoms with Gasteiger partial charge in [0.25, 0.3) is 5.91 Å². The summed E-state index contributed by atoms with van der Waals surface area (Å²) in [5.74, 6) is -1.34. The molecule has 4 heterocycles. The Morgan fingerprint density at radius 3 is 1.73 bits per heavy atom. The summed E-state index contributed by atoms with van der Waals surface area (Å²) in [6.07, 6.45) is 5.69. The normalized spacial score (nSPS) is 9.91. The minimum absolute atomic E-state index is 0. The molecule has 0 fully saturated rings. The number of pyridine rings is 2. The predicted molar refractivity (Wildman–Crippen MR) is 173 cm³/mol. The van der Waals surface area contributed by atoms with Crippen LogP contribution in [-0.2, 0) is 0 Å². The number of aromatic carboxylic acids is 1. The summed E-state index contributed by atoms with van der Waals surface area (Å²) in [6.45, 7) is 7.46. The molecule has 1 amide bonds. The molecule has 0 aliphatic rings. The molecule has 2 radical (unpaired) electrons. The van der Waals surface area contributed by atoms with Crippen LogP contribution in [-0.4, -0.2) is 56.6 Å². The molecule has 6 aromatic rings. The summed E-state index contributed by atoms with van der Waals surface area (Å²) >= 11 is 0. The Morgan fingerprint density at radius 1 is 0.689 bits per heavy atom. The van der Waals surface area contributed by atoms with E-state index < -0.39 is 5.97 Å². The van der Waals surface area contributed by atoms with Crippen molar-refractivity contribution < 1.29 is 45.8 Å². The van der Waals surface area contributed by atoms with Gasteiger partial charge in [0.15, 0.2) is 5.69 Å². The molecule has 0 bridgehead atoms. The number of carboxylic acid groups (broad SMARTS) is 1. The van der Waals surface area contributed by atoms with Gasteiger partial charge >= 0.3 is 5.97 Å². The summed E-state index contributed by atoms with van der Waals surface area (Å²) in [4.78, 5) is 46.8. The van der Waals surface area contributed by atoms with Crippen molar-refractivity contribution in [2.45, 2.75) is 27.7 Å². The van der Waals surface area contributed by atoms with Gasteiger partial charge in [0.2, 0.25) is 0 Å². The van der Waals surface area contributed by atoms with Gasteiger partial charge in [0, 0.05) is 74.0 Å². The SMILES string of the molecule is Cc1ccc2cccc(N)c2n1.Cc1cnc(C(=O)Nc2cccc3ccc(C)nc23)cn1.Cc1cnc(C(=O)O)cn1.[3H][B].[U]. The number of carboxylic acids is 1.